The normalized spacial score (nSPS) is 11.6. The van der Waals surface area contributed by atoms with Crippen LogP contribution in [0.4, 0.5) is 0 Å². The number of aliphatic hydroxyl groups is 1. The Labute approximate surface area is 100 Å². The fourth-order valence-corrected chi connectivity index (χ4v) is 1.59. The standard InChI is InChI=1S/C14H24O.4H2/c1-3-5-7-8-9-10-12-14(13-15)11-6-4-2;;;;/h11,14-15H,2-3,5,7-10,12-13H2,1H3;4*1H. The summed E-state index contributed by atoms with van der Waals surface area (Å²) in [5, 5.41) is 9.07. The molecule has 1 nitrogen and oxygen atoms in total. The zero-order valence-electron chi connectivity index (χ0n) is 9.97. The van der Waals surface area contributed by atoms with Gasteiger partial charge in [0.2, 0.25) is 0 Å². The van der Waals surface area contributed by atoms with E-state index in [0.29, 0.717) is 0 Å². The van der Waals surface area contributed by atoms with Gasteiger partial charge >= 0.3 is 0 Å². The third-order valence-electron chi connectivity index (χ3n) is 2.58. The van der Waals surface area contributed by atoms with Gasteiger partial charge in [0.15, 0.2) is 0 Å². The first kappa shape index (κ1) is 14.3. The summed E-state index contributed by atoms with van der Waals surface area (Å²) < 4.78 is 0. The van der Waals surface area contributed by atoms with Crippen LogP contribution in [0.1, 0.15) is 57.6 Å². The Balaban J connectivity index is -0.000000163. The van der Waals surface area contributed by atoms with Gasteiger partial charge in [-0.1, -0.05) is 56.9 Å². The molecule has 94 valence electrons. The van der Waals surface area contributed by atoms with Crippen LogP contribution in [-0.2, 0) is 0 Å². The van der Waals surface area contributed by atoms with Crippen molar-refractivity contribution < 1.29 is 10.8 Å². The molecule has 0 aromatic carbocycles. The Kier molecular flexibility index (Phi) is 10.8. The summed E-state index contributed by atoms with van der Waals surface area (Å²) >= 11 is 0. The second-order valence-corrected chi connectivity index (χ2v) is 3.99. The zero-order chi connectivity index (χ0) is 11.4. The lowest BCUT2D eigenvalue weighted by molar-refractivity contribution is 0.243. The molecular formula is C14H32O. The van der Waals surface area contributed by atoms with Crippen LogP contribution in [-0.4, -0.2) is 11.7 Å². The maximum atomic E-state index is 9.07. The molecule has 0 radical (unpaired) electrons. The molecule has 0 aromatic heterocycles. The van der Waals surface area contributed by atoms with E-state index in [1.807, 2.05) is 6.08 Å². The lowest BCUT2D eigenvalue weighted by Gasteiger charge is -2.07. The van der Waals surface area contributed by atoms with Gasteiger partial charge in [0.05, 0.1) is 0 Å². The molecule has 0 aliphatic carbocycles. The van der Waals surface area contributed by atoms with E-state index >= 15 is 0 Å². The van der Waals surface area contributed by atoms with Gasteiger partial charge in [-0.15, -0.1) is 0 Å². The van der Waals surface area contributed by atoms with E-state index < -0.39 is 0 Å². The average Bonchev–Trinajstić information content (AvgIpc) is 2.27. The minimum absolute atomic E-state index is 0. The van der Waals surface area contributed by atoms with Gasteiger partial charge in [0, 0.05) is 18.2 Å². The maximum Gasteiger partial charge on any atom is 0.0500 e. The van der Waals surface area contributed by atoms with Crippen LogP contribution in [0.3, 0.4) is 0 Å². The van der Waals surface area contributed by atoms with E-state index in [2.05, 4.69) is 25.0 Å². The Morgan fingerprint density at radius 3 is 2.53 bits per heavy atom. The largest absolute Gasteiger partial charge is 0.396 e. The molecule has 0 spiro atoms. The monoisotopic (exact) mass is 216 g/mol. The Bertz CT molecular complexity index is 221. The molecule has 0 amide bonds. The lowest BCUT2D eigenvalue weighted by atomic mass is 10.0. The van der Waals surface area contributed by atoms with Crippen molar-refractivity contribution in [3.63, 3.8) is 0 Å². The lowest BCUT2D eigenvalue weighted by Crippen LogP contribution is -2.01. The molecule has 1 N–H and O–H groups in total. The highest BCUT2D eigenvalue weighted by molar-refractivity contribution is 4.87. The third-order valence-corrected chi connectivity index (χ3v) is 2.58. The summed E-state index contributed by atoms with van der Waals surface area (Å²) in [6, 6.07) is 0. The maximum absolute atomic E-state index is 9.07. The quantitative estimate of drug-likeness (QED) is 0.432. The highest BCUT2D eigenvalue weighted by Gasteiger charge is 2.01. The molecule has 1 heteroatoms. The molecule has 0 aromatic rings. The molecule has 15 heavy (non-hydrogen) atoms. The van der Waals surface area contributed by atoms with Crippen molar-refractivity contribution in [2.75, 3.05) is 6.61 Å². The van der Waals surface area contributed by atoms with E-state index in [-0.39, 0.29) is 18.2 Å². The molecule has 0 rings (SSSR count). The summed E-state index contributed by atoms with van der Waals surface area (Å²) in [6.45, 7) is 5.89. The molecule has 0 aliphatic heterocycles. The topological polar surface area (TPSA) is 20.2 Å². The van der Waals surface area contributed by atoms with Gasteiger partial charge in [-0.2, -0.15) is 0 Å². The molecule has 0 aliphatic rings. The number of hydrogen-bond acceptors (Lipinski definition) is 1. The predicted octanol–water partition coefficient (Wildman–Crippen LogP) is 4.83. The number of aliphatic hydroxyl groups excluding tert-OH is 1. The molecular weight excluding hydrogens is 184 g/mol. The van der Waals surface area contributed by atoms with E-state index in [0.717, 1.165) is 6.42 Å². The molecule has 0 bridgehead atoms. The Hall–Kier alpha value is -0.740. The molecule has 0 saturated heterocycles. The zero-order valence-corrected chi connectivity index (χ0v) is 9.97. The number of hydrogen-bond donors (Lipinski definition) is 1. The molecule has 1 atom stereocenters. The van der Waals surface area contributed by atoms with Crippen LogP contribution in [0.5, 0.6) is 0 Å². The van der Waals surface area contributed by atoms with Crippen molar-refractivity contribution in [1.82, 2.24) is 0 Å². The summed E-state index contributed by atoms with van der Waals surface area (Å²) in [5.74, 6) is 0.241. The van der Waals surface area contributed by atoms with Crippen molar-refractivity contribution in [1.29, 1.82) is 0 Å². The SMILES string of the molecule is C=C=C=CC(CO)CCCCCCCC.[HH].[HH].[HH].[HH]. The van der Waals surface area contributed by atoms with Crippen molar-refractivity contribution >= 4 is 0 Å². The predicted molar refractivity (Wildman–Crippen MR) is 74.2 cm³/mol. The molecule has 0 fully saturated rings. The highest BCUT2D eigenvalue weighted by Crippen LogP contribution is 2.12. The third kappa shape index (κ3) is 9.56. The van der Waals surface area contributed by atoms with Crippen molar-refractivity contribution in [3.8, 4) is 0 Å². The molecule has 0 heterocycles. The first-order chi connectivity index (χ1) is 7.35. The number of unbranched alkanes of at least 4 members (excludes halogenated alkanes) is 5. The average molecular weight is 216 g/mol. The molecule has 0 saturated carbocycles. The highest BCUT2D eigenvalue weighted by atomic mass is 16.3. The van der Waals surface area contributed by atoms with E-state index in [4.69, 9.17) is 5.11 Å². The first-order valence-corrected chi connectivity index (χ1v) is 6.07. The molecule has 1 unspecified atom stereocenters. The van der Waals surface area contributed by atoms with Crippen LogP contribution in [0.25, 0.3) is 0 Å². The Morgan fingerprint density at radius 2 is 1.93 bits per heavy atom. The fraction of sp³-hybridized carbons (Fsp3) is 0.714. The van der Waals surface area contributed by atoms with Crippen LogP contribution in [0.15, 0.2) is 24.1 Å². The second kappa shape index (κ2) is 11.3. The second-order valence-electron chi connectivity index (χ2n) is 3.99. The minimum Gasteiger partial charge on any atom is -0.396 e. The Morgan fingerprint density at radius 1 is 1.27 bits per heavy atom. The first-order valence-electron chi connectivity index (χ1n) is 6.07. The van der Waals surface area contributed by atoms with E-state index in [1.165, 1.54) is 38.5 Å². The van der Waals surface area contributed by atoms with Crippen LogP contribution >= 0.6 is 0 Å². The van der Waals surface area contributed by atoms with Crippen molar-refractivity contribution in [3.05, 3.63) is 24.1 Å². The van der Waals surface area contributed by atoms with Crippen LogP contribution in [0.2, 0.25) is 0 Å². The van der Waals surface area contributed by atoms with Crippen LogP contribution in [0, 0.1) is 5.92 Å². The van der Waals surface area contributed by atoms with Crippen LogP contribution < -0.4 is 0 Å². The smallest absolute Gasteiger partial charge is 0.0500 e. The van der Waals surface area contributed by atoms with Gasteiger partial charge in [0.25, 0.3) is 0 Å². The van der Waals surface area contributed by atoms with Gasteiger partial charge in [-0.05, 0) is 19.1 Å². The van der Waals surface area contributed by atoms with Gasteiger partial charge in [0.1, 0.15) is 0 Å². The van der Waals surface area contributed by atoms with Gasteiger partial charge in [-0.3, -0.25) is 0 Å². The van der Waals surface area contributed by atoms with E-state index in [9.17, 15) is 0 Å². The minimum atomic E-state index is 0. The summed E-state index contributed by atoms with van der Waals surface area (Å²) in [6.07, 6.45) is 10.7. The van der Waals surface area contributed by atoms with Crippen molar-refractivity contribution in [2.45, 2.75) is 51.9 Å². The van der Waals surface area contributed by atoms with Gasteiger partial charge in [-0.25, -0.2) is 0 Å². The summed E-state index contributed by atoms with van der Waals surface area (Å²) in [5.41, 5.74) is 5.40. The summed E-state index contributed by atoms with van der Waals surface area (Å²) in [4.78, 5) is 0. The van der Waals surface area contributed by atoms with Crippen molar-refractivity contribution in [2.24, 2.45) is 5.92 Å². The fourth-order valence-electron chi connectivity index (χ4n) is 1.59. The van der Waals surface area contributed by atoms with E-state index in [1.54, 1.807) is 0 Å². The number of rotatable bonds is 9. The van der Waals surface area contributed by atoms with Gasteiger partial charge < -0.3 is 5.11 Å². The summed E-state index contributed by atoms with van der Waals surface area (Å²) in [7, 11) is 0.